The number of pyridine rings is 1. The first-order chi connectivity index (χ1) is 16.9. The minimum atomic E-state index is -0.647. The lowest BCUT2D eigenvalue weighted by molar-refractivity contribution is -0.0841. The topological polar surface area (TPSA) is 91.3 Å². The van der Waals surface area contributed by atoms with Crippen LogP contribution in [0.3, 0.4) is 0 Å². The van der Waals surface area contributed by atoms with Crippen molar-refractivity contribution in [2.75, 3.05) is 0 Å². The highest BCUT2D eigenvalue weighted by Crippen LogP contribution is 2.66. The molecule has 4 heterocycles. The lowest BCUT2D eigenvalue weighted by atomic mass is 9.77. The van der Waals surface area contributed by atoms with Gasteiger partial charge in [0, 0.05) is 22.2 Å². The number of ether oxygens (including phenoxy) is 1. The summed E-state index contributed by atoms with van der Waals surface area (Å²) in [4.78, 5) is 4.62. The lowest BCUT2D eigenvalue weighted by Crippen LogP contribution is -2.23. The molecule has 2 aliphatic heterocycles. The summed E-state index contributed by atoms with van der Waals surface area (Å²) >= 11 is 0. The van der Waals surface area contributed by atoms with Crippen molar-refractivity contribution in [1.29, 1.82) is 5.26 Å². The molecule has 0 amide bonds. The van der Waals surface area contributed by atoms with E-state index in [-0.39, 0.29) is 11.8 Å². The molecule has 0 aliphatic carbocycles. The summed E-state index contributed by atoms with van der Waals surface area (Å²) in [5.41, 5.74) is 3.36. The number of nitrogens with zero attached hydrogens (tertiary/aromatic N) is 3. The molecule has 6 rings (SSSR count). The maximum Gasteiger partial charge on any atom is 0.205 e. The molecule has 35 heavy (non-hydrogen) atoms. The van der Waals surface area contributed by atoms with Gasteiger partial charge in [-0.25, -0.2) is 0 Å². The number of aromatic hydroxyl groups is 2. The minimum Gasteiger partial charge on any atom is -0.494 e. The summed E-state index contributed by atoms with van der Waals surface area (Å²) < 4.78 is 8.12. The zero-order valence-corrected chi connectivity index (χ0v) is 19.9. The average Bonchev–Trinajstić information content (AvgIpc) is 3.43. The van der Waals surface area contributed by atoms with E-state index in [1.165, 1.54) is 4.57 Å². The predicted octanol–water partition coefficient (Wildman–Crippen LogP) is 5.87. The highest BCUT2D eigenvalue weighted by atomic mass is 16.5. The van der Waals surface area contributed by atoms with Gasteiger partial charge < -0.3 is 14.9 Å². The Hall–Kier alpha value is -3.82. The Kier molecular flexibility index (Phi) is 4.71. The molecular weight excluding hydrogens is 438 g/mol. The van der Waals surface area contributed by atoms with Crippen molar-refractivity contribution in [3.8, 4) is 23.5 Å². The van der Waals surface area contributed by atoms with Crippen LogP contribution < -0.4 is 0 Å². The number of rotatable bonds is 5. The van der Waals surface area contributed by atoms with Gasteiger partial charge in [0.15, 0.2) is 0 Å². The molecule has 0 spiro atoms. The molecule has 1 saturated heterocycles. The highest BCUT2D eigenvalue weighted by Gasteiger charge is 2.61. The van der Waals surface area contributed by atoms with Crippen LogP contribution in [-0.2, 0) is 22.4 Å². The lowest BCUT2D eigenvalue weighted by Gasteiger charge is -2.26. The fraction of sp³-hybridized carbons (Fsp3) is 0.310. The summed E-state index contributed by atoms with van der Waals surface area (Å²) in [6.07, 6.45) is 4.00. The molecule has 0 unspecified atom stereocenters. The molecule has 0 radical (unpaired) electrons. The molecule has 2 aromatic heterocycles. The van der Waals surface area contributed by atoms with Gasteiger partial charge in [-0.3, -0.25) is 9.55 Å². The Morgan fingerprint density at radius 1 is 1.00 bits per heavy atom. The number of hydrogen-bond donors (Lipinski definition) is 2. The van der Waals surface area contributed by atoms with Crippen LogP contribution in [0.2, 0.25) is 0 Å². The smallest absolute Gasteiger partial charge is 0.205 e. The maximum absolute atomic E-state index is 11.6. The van der Waals surface area contributed by atoms with Crippen molar-refractivity contribution in [3.05, 3.63) is 82.7 Å². The molecule has 6 nitrogen and oxygen atoms in total. The van der Waals surface area contributed by atoms with Crippen molar-refractivity contribution < 1.29 is 14.9 Å². The Morgan fingerprint density at radius 2 is 1.77 bits per heavy atom. The quantitative estimate of drug-likeness (QED) is 0.384. The van der Waals surface area contributed by atoms with E-state index in [1.54, 1.807) is 12.1 Å². The third kappa shape index (κ3) is 3.08. The predicted molar refractivity (Wildman–Crippen MR) is 133 cm³/mol. The third-order valence-electron chi connectivity index (χ3n) is 7.75. The largest absolute Gasteiger partial charge is 0.494 e. The summed E-state index contributed by atoms with van der Waals surface area (Å²) in [5.74, 6) is 0.0289. The van der Waals surface area contributed by atoms with E-state index in [1.807, 2.05) is 56.3 Å². The first-order valence-electron chi connectivity index (χ1n) is 12.1. The van der Waals surface area contributed by atoms with Crippen LogP contribution in [0.15, 0.2) is 54.6 Å². The van der Waals surface area contributed by atoms with Gasteiger partial charge in [0.2, 0.25) is 11.8 Å². The molecule has 2 aromatic carbocycles. The van der Waals surface area contributed by atoms with Crippen LogP contribution in [-0.4, -0.2) is 19.8 Å². The van der Waals surface area contributed by atoms with E-state index in [2.05, 4.69) is 11.1 Å². The van der Waals surface area contributed by atoms with Gasteiger partial charge in [-0.1, -0.05) is 30.3 Å². The van der Waals surface area contributed by atoms with E-state index in [0.717, 1.165) is 54.3 Å². The van der Waals surface area contributed by atoms with Gasteiger partial charge in [0.25, 0.3) is 0 Å². The number of fused-ring (bicyclic) bond motifs is 6. The summed E-state index contributed by atoms with van der Waals surface area (Å²) in [6.45, 7) is 4.00. The van der Waals surface area contributed by atoms with Crippen LogP contribution in [0.4, 0.5) is 0 Å². The number of nitriles is 1. The molecule has 1 fully saturated rings. The van der Waals surface area contributed by atoms with Gasteiger partial charge in [0.1, 0.15) is 5.60 Å². The second-order valence-corrected chi connectivity index (χ2v) is 9.97. The number of aryl methyl sites for hydroxylation is 2. The zero-order chi connectivity index (χ0) is 24.4. The van der Waals surface area contributed by atoms with Gasteiger partial charge in [-0.15, -0.1) is 0 Å². The van der Waals surface area contributed by atoms with Crippen LogP contribution in [0.25, 0.3) is 16.5 Å². The van der Waals surface area contributed by atoms with Crippen LogP contribution in [0.1, 0.15) is 60.7 Å². The van der Waals surface area contributed by atoms with E-state index >= 15 is 0 Å². The van der Waals surface area contributed by atoms with Gasteiger partial charge in [-0.05, 0) is 70.2 Å². The normalized spacial score (nSPS) is 22.4. The van der Waals surface area contributed by atoms with Crippen LogP contribution >= 0.6 is 0 Å². The molecule has 4 aromatic rings. The molecule has 176 valence electrons. The van der Waals surface area contributed by atoms with Gasteiger partial charge in [-0.2, -0.15) is 5.26 Å². The summed E-state index contributed by atoms with van der Waals surface area (Å²) in [7, 11) is 0. The minimum absolute atomic E-state index is 0.0109. The number of aromatic nitrogens is 2. The molecular formula is C29H27N3O3. The molecule has 0 saturated carbocycles. The fourth-order valence-corrected chi connectivity index (χ4v) is 6.20. The second-order valence-electron chi connectivity index (χ2n) is 9.97. The average molecular weight is 466 g/mol. The Labute approximate surface area is 204 Å². The highest BCUT2D eigenvalue weighted by molar-refractivity contribution is 5.95. The number of hydrogen-bond acceptors (Lipinski definition) is 5. The summed E-state index contributed by atoms with van der Waals surface area (Å²) in [5, 5.41) is 34.2. The molecule has 2 bridgehead atoms. The van der Waals surface area contributed by atoms with Crippen LogP contribution in [0.5, 0.6) is 11.8 Å². The fourth-order valence-electron chi connectivity index (χ4n) is 6.20. The van der Waals surface area contributed by atoms with Crippen molar-refractivity contribution >= 4 is 10.8 Å². The molecule has 2 N–H and O–H groups in total. The van der Waals surface area contributed by atoms with Crippen molar-refractivity contribution in [3.63, 3.8) is 0 Å². The molecule has 2 aliphatic rings. The van der Waals surface area contributed by atoms with Crippen molar-refractivity contribution in [1.82, 2.24) is 9.55 Å². The van der Waals surface area contributed by atoms with E-state index in [0.29, 0.717) is 22.4 Å². The maximum atomic E-state index is 11.6. The second kappa shape index (κ2) is 7.59. The Balaban J connectivity index is 1.44. The molecule has 6 heteroatoms. The first-order valence-corrected chi connectivity index (χ1v) is 12.1. The monoisotopic (exact) mass is 465 g/mol. The Bertz CT molecular complexity index is 1530. The van der Waals surface area contributed by atoms with Crippen LogP contribution in [0, 0.1) is 18.3 Å². The number of benzene rings is 2. The summed E-state index contributed by atoms with van der Waals surface area (Å²) in [6, 6.07) is 19.4. The van der Waals surface area contributed by atoms with E-state index in [9.17, 15) is 15.5 Å². The standard InChI is InChI=1S/C29H27N3O3/c1-18-7-5-8-20(31-18)9-6-14-29-16-15-28(2,35-29)24-25(29)27(34)32(26(24)33)23-13-12-19(17-30)21-10-3-4-11-22(21)23/h3-5,7-8,10-13,33-34H,6,9,14-16H2,1-2H3/t28-,29+/m0/s1. The van der Waals surface area contributed by atoms with E-state index < -0.39 is 11.2 Å². The Morgan fingerprint density at radius 3 is 2.54 bits per heavy atom. The SMILES string of the molecule is Cc1cccc(CCC[C@]23CC[C@](C)(O2)c2c3c(O)n(-c3ccc(C#N)c4ccccc34)c2O)n1. The zero-order valence-electron chi connectivity index (χ0n) is 19.9. The van der Waals surface area contributed by atoms with E-state index in [4.69, 9.17) is 4.74 Å². The van der Waals surface area contributed by atoms with Crippen molar-refractivity contribution in [2.45, 2.75) is 57.2 Å². The van der Waals surface area contributed by atoms with Crippen molar-refractivity contribution in [2.24, 2.45) is 0 Å². The van der Waals surface area contributed by atoms with Gasteiger partial charge in [0.05, 0.1) is 34.0 Å². The third-order valence-corrected chi connectivity index (χ3v) is 7.75. The first kappa shape index (κ1) is 21.7. The van der Waals surface area contributed by atoms with Gasteiger partial charge >= 0.3 is 0 Å². The molecule has 2 atom stereocenters.